The highest BCUT2D eigenvalue weighted by atomic mass is 16.5. The van der Waals surface area contributed by atoms with E-state index in [4.69, 9.17) is 9.84 Å². The molecular weight excluding hydrogens is 234 g/mol. The van der Waals surface area contributed by atoms with Gasteiger partial charge in [-0.25, -0.2) is 14.3 Å². The van der Waals surface area contributed by atoms with Crippen LogP contribution in [0.5, 0.6) is 0 Å². The molecule has 1 unspecified atom stereocenters. The Morgan fingerprint density at radius 2 is 2.39 bits per heavy atom. The molecule has 2 aromatic rings. The molecule has 6 heteroatoms. The van der Waals surface area contributed by atoms with Crippen molar-refractivity contribution in [3.05, 3.63) is 29.7 Å². The molecule has 1 N–H and O–H groups in total. The first-order valence-electron chi connectivity index (χ1n) is 5.96. The van der Waals surface area contributed by atoms with E-state index in [1.807, 2.05) is 0 Å². The average molecular weight is 247 g/mol. The zero-order valence-electron chi connectivity index (χ0n) is 9.74. The van der Waals surface area contributed by atoms with Crippen molar-refractivity contribution in [2.24, 2.45) is 0 Å². The molecule has 0 saturated carbocycles. The van der Waals surface area contributed by atoms with E-state index in [1.54, 1.807) is 12.3 Å². The van der Waals surface area contributed by atoms with Crippen molar-refractivity contribution in [2.45, 2.75) is 25.4 Å². The summed E-state index contributed by atoms with van der Waals surface area (Å²) in [5.74, 6) is -0.424. The fraction of sp³-hybridized carbons (Fsp3) is 0.417. The third-order valence-corrected chi connectivity index (χ3v) is 3.08. The number of carboxylic acids is 1. The summed E-state index contributed by atoms with van der Waals surface area (Å²) in [4.78, 5) is 15.4. The molecule has 1 aliphatic rings. The second-order valence-corrected chi connectivity index (χ2v) is 4.32. The van der Waals surface area contributed by atoms with E-state index in [0.29, 0.717) is 18.1 Å². The standard InChI is InChI=1S/C12H13N3O3/c16-12(17)8-4-3-6-15-11(8)13-10(14-15)9-5-1-2-7-18-9/h3-4,6,9H,1-2,5,7H2,(H,16,17). The molecule has 1 atom stereocenters. The number of rotatable bonds is 2. The van der Waals surface area contributed by atoms with Crippen molar-refractivity contribution >= 4 is 11.6 Å². The molecule has 6 nitrogen and oxygen atoms in total. The van der Waals surface area contributed by atoms with Crippen molar-refractivity contribution < 1.29 is 14.6 Å². The minimum atomic E-state index is -0.996. The zero-order chi connectivity index (χ0) is 12.5. The van der Waals surface area contributed by atoms with Gasteiger partial charge in [0.1, 0.15) is 11.7 Å². The van der Waals surface area contributed by atoms with Crippen molar-refractivity contribution in [2.75, 3.05) is 6.61 Å². The number of pyridine rings is 1. The summed E-state index contributed by atoms with van der Waals surface area (Å²) in [5.41, 5.74) is 0.529. The van der Waals surface area contributed by atoms with Crippen LogP contribution in [-0.4, -0.2) is 32.3 Å². The summed E-state index contributed by atoms with van der Waals surface area (Å²) in [5, 5.41) is 13.4. The summed E-state index contributed by atoms with van der Waals surface area (Å²) in [6.45, 7) is 0.714. The molecule has 0 spiro atoms. The molecule has 2 aromatic heterocycles. The van der Waals surface area contributed by atoms with E-state index in [-0.39, 0.29) is 11.7 Å². The molecule has 0 bridgehead atoms. The number of fused-ring (bicyclic) bond motifs is 1. The number of aromatic carboxylic acids is 1. The normalized spacial score (nSPS) is 20.1. The predicted octanol–water partition coefficient (Wildman–Crippen LogP) is 1.67. The molecule has 3 rings (SSSR count). The summed E-state index contributed by atoms with van der Waals surface area (Å²) >= 11 is 0. The molecule has 0 radical (unpaired) electrons. The Labute approximate surface area is 103 Å². The van der Waals surface area contributed by atoms with Gasteiger partial charge in [0, 0.05) is 12.8 Å². The summed E-state index contributed by atoms with van der Waals surface area (Å²) < 4.78 is 7.10. The predicted molar refractivity (Wildman–Crippen MR) is 62.5 cm³/mol. The van der Waals surface area contributed by atoms with Crippen molar-refractivity contribution in [1.82, 2.24) is 14.6 Å². The number of hydrogen-bond acceptors (Lipinski definition) is 4. The van der Waals surface area contributed by atoms with Gasteiger partial charge in [-0.2, -0.15) is 0 Å². The summed E-state index contributed by atoms with van der Waals surface area (Å²) in [6, 6.07) is 3.18. The largest absolute Gasteiger partial charge is 0.478 e. The Hall–Kier alpha value is -1.95. The minimum Gasteiger partial charge on any atom is -0.478 e. The van der Waals surface area contributed by atoms with Crippen molar-refractivity contribution in [1.29, 1.82) is 0 Å². The number of carboxylic acid groups (broad SMARTS) is 1. The molecule has 0 aromatic carbocycles. The molecular formula is C12H13N3O3. The molecule has 94 valence electrons. The van der Waals surface area contributed by atoms with Crippen LogP contribution < -0.4 is 0 Å². The highest BCUT2D eigenvalue weighted by molar-refractivity contribution is 5.94. The Balaban J connectivity index is 2.04. The minimum absolute atomic E-state index is 0.111. The lowest BCUT2D eigenvalue weighted by Crippen LogP contribution is -2.12. The fourth-order valence-corrected chi connectivity index (χ4v) is 2.17. The zero-order valence-corrected chi connectivity index (χ0v) is 9.74. The molecule has 0 aliphatic carbocycles. The van der Waals surface area contributed by atoms with Crippen LogP contribution >= 0.6 is 0 Å². The van der Waals surface area contributed by atoms with Gasteiger partial charge in [0.2, 0.25) is 0 Å². The average Bonchev–Trinajstić information content (AvgIpc) is 2.83. The first kappa shape index (κ1) is 11.2. The number of nitrogens with zero attached hydrogens (tertiary/aromatic N) is 3. The molecule has 18 heavy (non-hydrogen) atoms. The van der Waals surface area contributed by atoms with Gasteiger partial charge in [-0.3, -0.25) is 0 Å². The van der Waals surface area contributed by atoms with E-state index in [1.165, 1.54) is 10.6 Å². The molecule has 0 amide bonds. The van der Waals surface area contributed by atoms with Crippen LogP contribution in [0.25, 0.3) is 5.65 Å². The van der Waals surface area contributed by atoms with Crippen LogP contribution in [0.3, 0.4) is 0 Å². The monoisotopic (exact) mass is 247 g/mol. The second-order valence-electron chi connectivity index (χ2n) is 4.32. The summed E-state index contributed by atoms with van der Waals surface area (Å²) in [7, 11) is 0. The molecule has 1 aliphatic heterocycles. The van der Waals surface area contributed by atoms with Crippen LogP contribution in [0.4, 0.5) is 0 Å². The van der Waals surface area contributed by atoms with Gasteiger partial charge < -0.3 is 9.84 Å². The number of carbonyl (C=O) groups is 1. The third kappa shape index (κ3) is 1.84. The van der Waals surface area contributed by atoms with Crippen LogP contribution in [0, 0.1) is 0 Å². The lowest BCUT2D eigenvalue weighted by atomic mass is 10.1. The second kappa shape index (κ2) is 4.38. The molecule has 3 heterocycles. The maximum absolute atomic E-state index is 11.1. The van der Waals surface area contributed by atoms with Crippen LogP contribution in [0.2, 0.25) is 0 Å². The lowest BCUT2D eigenvalue weighted by Gasteiger charge is -2.19. The van der Waals surface area contributed by atoms with E-state index in [9.17, 15) is 4.79 Å². The van der Waals surface area contributed by atoms with Gasteiger partial charge >= 0.3 is 5.97 Å². The third-order valence-electron chi connectivity index (χ3n) is 3.08. The Morgan fingerprint density at radius 1 is 1.50 bits per heavy atom. The smallest absolute Gasteiger partial charge is 0.339 e. The number of ether oxygens (including phenoxy) is 1. The number of aromatic nitrogens is 3. The topological polar surface area (TPSA) is 76.7 Å². The maximum Gasteiger partial charge on any atom is 0.339 e. The summed E-state index contributed by atoms with van der Waals surface area (Å²) in [6.07, 6.45) is 4.62. The van der Waals surface area contributed by atoms with Crippen LogP contribution in [0.1, 0.15) is 41.5 Å². The molecule has 1 saturated heterocycles. The Morgan fingerprint density at radius 3 is 3.11 bits per heavy atom. The van der Waals surface area contributed by atoms with Gasteiger partial charge in [-0.05, 0) is 31.4 Å². The first-order chi connectivity index (χ1) is 8.75. The maximum atomic E-state index is 11.1. The van der Waals surface area contributed by atoms with Crippen LogP contribution in [0.15, 0.2) is 18.3 Å². The van der Waals surface area contributed by atoms with Crippen molar-refractivity contribution in [3.63, 3.8) is 0 Å². The van der Waals surface area contributed by atoms with Gasteiger partial charge in [0.15, 0.2) is 11.5 Å². The van der Waals surface area contributed by atoms with Crippen LogP contribution in [-0.2, 0) is 4.74 Å². The SMILES string of the molecule is O=C(O)c1cccn2nc(C3CCCCO3)nc12. The Bertz CT molecular complexity index is 587. The van der Waals surface area contributed by atoms with E-state index in [0.717, 1.165) is 19.3 Å². The number of hydrogen-bond donors (Lipinski definition) is 1. The van der Waals surface area contributed by atoms with Gasteiger partial charge in [0.25, 0.3) is 0 Å². The Kier molecular flexibility index (Phi) is 2.71. The van der Waals surface area contributed by atoms with Gasteiger partial charge in [0.05, 0.1) is 0 Å². The lowest BCUT2D eigenvalue weighted by molar-refractivity contribution is 0.00961. The van der Waals surface area contributed by atoms with E-state index < -0.39 is 5.97 Å². The van der Waals surface area contributed by atoms with Gasteiger partial charge in [-0.1, -0.05) is 0 Å². The highest BCUT2D eigenvalue weighted by Gasteiger charge is 2.22. The van der Waals surface area contributed by atoms with Gasteiger partial charge in [-0.15, -0.1) is 5.10 Å². The highest BCUT2D eigenvalue weighted by Crippen LogP contribution is 2.26. The fourth-order valence-electron chi connectivity index (χ4n) is 2.17. The quantitative estimate of drug-likeness (QED) is 0.873. The van der Waals surface area contributed by atoms with Crippen molar-refractivity contribution in [3.8, 4) is 0 Å². The van der Waals surface area contributed by atoms with E-state index in [2.05, 4.69) is 10.1 Å². The molecule has 1 fully saturated rings. The van der Waals surface area contributed by atoms with E-state index >= 15 is 0 Å². The first-order valence-corrected chi connectivity index (χ1v) is 5.96.